The average molecular weight is 356 g/mol. The van der Waals surface area contributed by atoms with Crippen LogP contribution < -0.4 is 0 Å². The number of aryl methyl sites for hydroxylation is 1. The Bertz CT molecular complexity index is 776. The molecule has 0 saturated heterocycles. The van der Waals surface area contributed by atoms with Gasteiger partial charge in [-0.3, -0.25) is 0 Å². The van der Waals surface area contributed by atoms with Crippen molar-refractivity contribution in [2.45, 2.75) is 13.3 Å². The van der Waals surface area contributed by atoms with Gasteiger partial charge in [-0.15, -0.1) is 0 Å². The molecule has 2 aromatic carbocycles. The minimum absolute atomic E-state index is 0.319. The Kier molecular flexibility index (Phi) is 4.20. The summed E-state index contributed by atoms with van der Waals surface area (Å²) in [5.41, 5.74) is 3.28. The molecule has 1 aliphatic rings. The topological polar surface area (TPSA) is 38.7 Å². The molecule has 3 nitrogen and oxygen atoms in total. The van der Waals surface area contributed by atoms with E-state index in [-0.39, 0.29) is 0 Å². The number of benzene rings is 2. The molecule has 0 unspecified atom stereocenters. The summed E-state index contributed by atoms with van der Waals surface area (Å²) in [6.07, 6.45) is 2.73. The highest BCUT2D eigenvalue weighted by Gasteiger charge is 2.24. The normalized spacial score (nSPS) is 15.8. The fraction of sp³-hybridized carbons (Fsp3) is 0.111. The first kappa shape index (κ1) is 14.7. The van der Waals surface area contributed by atoms with Crippen LogP contribution in [0.3, 0.4) is 0 Å². The molecule has 110 valence electrons. The number of ether oxygens (including phenoxy) is 1. The Morgan fingerprint density at radius 1 is 1.18 bits per heavy atom. The molecule has 0 fully saturated rings. The lowest BCUT2D eigenvalue weighted by atomic mass is 10.1. The van der Waals surface area contributed by atoms with Gasteiger partial charge in [0.25, 0.3) is 0 Å². The SMILES string of the molecule is CCc1ccc(C=C2N=C(c3cccc(Br)c3)OC2=O)cc1. The molecule has 4 heteroatoms. The number of nitrogens with zero attached hydrogens (tertiary/aromatic N) is 1. The van der Waals surface area contributed by atoms with Gasteiger partial charge in [-0.1, -0.05) is 53.2 Å². The highest BCUT2D eigenvalue weighted by molar-refractivity contribution is 9.10. The highest BCUT2D eigenvalue weighted by Crippen LogP contribution is 2.21. The number of carbonyl (C=O) groups is 1. The Morgan fingerprint density at radius 2 is 1.95 bits per heavy atom. The maximum absolute atomic E-state index is 12.0. The molecule has 2 aromatic rings. The van der Waals surface area contributed by atoms with Crippen LogP contribution in [0.5, 0.6) is 0 Å². The molecule has 0 atom stereocenters. The van der Waals surface area contributed by atoms with Crippen LogP contribution in [0.4, 0.5) is 0 Å². The number of aliphatic imine (C=N–C) groups is 1. The molecule has 0 saturated carbocycles. The Hall–Kier alpha value is -2.20. The average Bonchev–Trinajstić information content (AvgIpc) is 2.89. The number of carbonyl (C=O) groups excluding carboxylic acids is 1. The van der Waals surface area contributed by atoms with Gasteiger partial charge in [0.05, 0.1) is 0 Å². The minimum atomic E-state index is -0.422. The first-order chi connectivity index (χ1) is 10.7. The van der Waals surface area contributed by atoms with Crippen LogP contribution in [0.2, 0.25) is 0 Å². The van der Waals surface area contributed by atoms with Crippen molar-refractivity contribution in [2.75, 3.05) is 0 Å². The van der Waals surface area contributed by atoms with Gasteiger partial charge in [-0.05, 0) is 41.8 Å². The van der Waals surface area contributed by atoms with Gasteiger partial charge in [0.1, 0.15) is 0 Å². The standard InChI is InChI=1S/C18H14BrNO2/c1-2-12-6-8-13(9-7-12)10-16-18(21)22-17(20-16)14-4-3-5-15(19)11-14/h3-11H,2H2,1H3. The van der Waals surface area contributed by atoms with Gasteiger partial charge in [-0.25, -0.2) is 9.79 Å². The molecule has 0 spiro atoms. The molecule has 1 heterocycles. The van der Waals surface area contributed by atoms with E-state index in [4.69, 9.17) is 4.74 Å². The van der Waals surface area contributed by atoms with Gasteiger partial charge >= 0.3 is 5.97 Å². The second kappa shape index (κ2) is 6.28. The van der Waals surface area contributed by atoms with Crippen molar-refractivity contribution in [3.8, 4) is 0 Å². The number of halogens is 1. The molecule has 0 aliphatic carbocycles. The second-order valence-corrected chi connectivity index (χ2v) is 5.86. The number of esters is 1. The van der Waals surface area contributed by atoms with E-state index in [0.29, 0.717) is 11.6 Å². The first-order valence-corrected chi connectivity index (χ1v) is 7.82. The van der Waals surface area contributed by atoms with Crippen molar-refractivity contribution in [3.05, 3.63) is 75.4 Å². The third-order valence-electron chi connectivity index (χ3n) is 3.38. The zero-order valence-electron chi connectivity index (χ0n) is 12.0. The van der Waals surface area contributed by atoms with E-state index in [0.717, 1.165) is 22.0 Å². The monoisotopic (exact) mass is 355 g/mol. The third kappa shape index (κ3) is 3.17. The fourth-order valence-electron chi connectivity index (χ4n) is 2.16. The van der Waals surface area contributed by atoms with Crippen LogP contribution in [0, 0.1) is 0 Å². The molecule has 0 radical (unpaired) electrons. The fourth-order valence-corrected chi connectivity index (χ4v) is 2.56. The van der Waals surface area contributed by atoms with E-state index < -0.39 is 5.97 Å². The lowest BCUT2D eigenvalue weighted by Crippen LogP contribution is -2.05. The molecule has 0 aromatic heterocycles. The molecule has 0 N–H and O–H groups in total. The van der Waals surface area contributed by atoms with Crippen molar-refractivity contribution in [1.82, 2.24) is 0 Å². The van der Waals surface area contributed by atoms with Crippen molar-refractivity contribution >= 4 is 33.9 Å². The van der Waals surface area contributed by atoms with E-state index in [9.17, 15) is 4.79 Å². The first-order valence-electron chi connectivity index (χ1n) is 7.03. The molecular weight excluding hydrogens is 342 g/mol. The number of hydrogen-bond acceptors (Lipinski definition) is 3. The van der Waals surface area contributed by atoms with Crippen molar-refractivity contribution in [1.29, 1.82) is 0 Å². The molecule has 1 aliphatic heterocycles. The Balaban J connectivity index is 1.90. The second-order valence-electron chi connectivity index (χ2n) is 4.94. The van der Waals surface area contributed by atoms with Crippen LogP contribution in [-0.4, -0.2) is 11.9 Å². The summed E-state index contributed by atoms with van der Waals surface area (Å²) in [6.45, 7) is 2.11. The summed E-state index contributed by atoms with van der Waals surface area (Å²) < 4.78 is 6.17. The summed E-state index contributed by atoms with van der Waals surface area (Å²) in [5.74, 6) is -0.0859. The number of cyclic esters (lactones) is 1. The number of hydrogen-bond donors (Lipinski definition) is 0. The van der Waals surface area contributed by atoms with Crippen LogP contribution >= 0.6 is 15.9 Å². The molecule has 0 amide bonds. The van der Waals surface area contributed by atoms with E-state index in [2.05, 4.69) is 27.8 Å². The smallest absolute Gasteiger partial charge is 0.363 e. The van der Waals surface area contributed by atoms with Gasteiger partial charge < -0.3 is 4.74 Å². The quantitative estimate of drug-likeness (QED) is 0.606. The van der Waals surface area contributed by atoms with Crippen molar-refractivity contribution in [3.63, 3.8) is 0 Å². The van der Waals surface area contributed by atoms with Crippen molar-refractivity contribution < 1.29 is 9.53 Å². The van der Waals surface area contributed by atoms with E-state index in [1.165, 1.54) is 5.56 Å². The Morgan fingerprint density at radius 3 is 2.64 bits per heavy atom. The third-order valence-corrected chi connectivity index (χ3v) is 3.88. The highest BCUT2D eigenvalue weighted by atomic mass is 79.9. The Labute approximate surface area is 137 Å². The van der Waals surface area contributed by atoms with Gasteiger partial charge in [0.2, 0.25) is 5.90 Å². The molecule has 22 heavy (non-hydrogen) atoms. The summed E-state index contributed by atoms with van der Waals surface area (Å²) >= 11 is 3.40. The summed E-state index contributed by atoms with van der Waals surface area (Å²) in [4.78, 5) is 16.3. The van der Waals surface area contributed by atoms with E-state index >= 15 is 0 Å². The van der Waals surface area contributed by atoms with Crippen LogP contribution in [0.15, 0.2) is 63.7 Å². The zero-order valence-corrected chi connectivity index (χ0v) is 13.6. The van der Waals surface area contributed by atoms with Crippen LogP contribution in [0.25, 0.3) is 6.08 Å². The van der Waals surface area contributed by atoms with E-state index in [1.54, 1.807) is 6.08 Å². The molecule has 3 rings (SSSR count). The summed E-state index contributed by atoms with van der Waals surface area (Å²) in [5, 5.41) is 0. The molecular formula is C18H14BrNO2. The maximum Gasteiger partial charge on any atom is 0.363 e. The molecule has 0 bridgehead atoms. The van der Waals surface area contributed by atoms with Crippen LogP contribution in [-0.2, 0) is 16.0 Å². The van der Waals surface area contributed by atoms with Crippen molar-refractivity contribution in [2.24, 2.45) is 4.99 Å². The van der Waals surface area contributed by atoms with Gasteiger partial charge in [0, 0.05) is 10.0 Å². The number of rotatable bonds is 3. The lowest BCUT2D eigenvalue weighted by Gasteiger charge is -1.99. The maximum atomic E-state index is 12.0. The van der Waals surface area contributed by atoms with E-state index in [1.807, 2.05) is 48.5 Å². The van der Waals surface area contributed by atoms with Gasteiger partial charge in [-0.2, -0.15) is 0 Å². The lowest BCUT2D eigenvalue weighted by molar-refractivity contribution is -0.129. The minimum Gasteiger partial charge on any atom is -0.402 e. The predicted octanol–water partition coefficient (Wildman–Crippen LogP) is 4.36. The largest absolute Gasteiger partial charge is 0.402 e. The predicted molar refractivity (Wildman–Crippen MR) is 90.6 cm³/mol. The van der Waals surface area contributed by atoms with Crippen LogP contribution in [0.1, 0.15) is 23.6 Å². The summed E-state index contributed by atoms with van der Waals surface area (Å²) in [6, 6.07) is 15.6. The summed E-state index contributed by atoms with van der Waals surface area (Å²) in [7, 11) is 0. The zero-order chi connectivity index (χ0) is 15.5. The van der Waals surface area contributed by atoms with Gasteiger partial charge in [0.15, 0.2) is 5.70 Å².